The van der Waals surface area contributed by atoms with Crippen LogP contribution in [0, 0.1) is 15.9 Å². The van der Waals surface area contributed by atoms with Gasteiger partial charge in [0.1, 0.15) is 5.82 Å². The SMILES string of the molecule is O=[N+]([O-])c1cccc(CS(=O)(=O)N2CCNCC2c2cccc(F)c2)c1. The lowest BCUT2D eigenvalue weighted by Gasteiger charge is -2.35. The molecule has 1 N–H and O–H groups in total. The maximum absolute atomic E-state index is 13.6. The van der Waals surface area contributed by atoms with Crippen molar-refractivity contribution in [3.63, 3.8) is 0 Å². The van der Waals surface area contributed by atoms with Crippen LogP contribution in [-0.4, -0.2) is 37.3 Å². The van der Waals surface area contributed by atoms with Crippen LogP contribution >= 0.6 is 0 Å². The van der Waals surface area contributed by atoms with Gasteiger partial charge in [-0.3, -0.25) is 10.1 Å². The molecular weight excluding hydrogens is 361 g/mol. The van der Waals surface area contributed by atoms with E-state index in [2.05, 4.69) is 5.32 Å². The van der Waals surface area contributed by atoms with E-state index in [0.717, 1.165) is 0 Å². The van der Waals surface area contributed by atoms with Gasteiger partial charge in [-0.15, -0.1) is 0 Å². The van der Waals surface area contributed by atoms with Gasteiger partial charge >= 0.3 is 0 Å². The number of benzene rings is 2. The summed E-state index contributed by atoms with van der Waals surface area (Å²) in [5, 5.41) is 14.0. The fourth-order valence-electron chi connectivity index (χ4n) is 3.07. The van der Waals surface area contributed by atoms with Crippen molar-refractivity contribution in [2.45, 2.75) is 11.8 Å². The van der Waals surface area contributed by atoms with Gasteiger partial charge in [-0.05, 0) is 23.3 Å². The Bertz CT molecular complexity index is 920. The summed E-state index contributed by atoms with van der Waals surface area (Å²) in [4.78, 5) is 10.3. The molecule has 1 aliphatic rings. The maximum atomic E-state index is 13.6. The molecule has 1 heterocycles. The highest BCUT2D eigenvalue weighted by atomic mass is 32.2. The topological polar surface area (TPSA) is 92.5 Å². The van der Waals surface area contributed by atoms with Gasteiger partial charge in [-0.1, -0.05) is 24.3 Å². The van der Waals surface area contributed by atoms with E-state index in [1.54, 1.807) is 18.2 Å². The predicted molar refractivity (Wildman–Crippen MR) is 94.4 cm³/mol. The first kappa shape index (κ1) is 18.4. The number of nitrogens with one attached hydrogen (secondary N) is 1. The van der Waals surface area contributed by atoms with Crippen LogP contribution in [0.5, 0.6) is 0 Å². The summed E-state index contributed by atoms with van der Waals surface area (Å²) >= 11 is 0. The molecule has 2 aromatic carbocycles. The number of nitro benzene ring substituents is 1. The fraction of sp³-hybridized carbons (Fsp3) is 0.294. The first-order valence-electron chi connectivity index (χ1n) is 8.06. The van der Waals surface area contributed by atoms with Crippen LogP contribution < -0.4 is 5.32 Å². The summed E-state index contributed by atoms with van der Waals surface area (Å²) in [6.07, 6.45) is 0. The minimum atomic E-state index is -3.74. The molecule has 26 heavy (non-hydrogen) atoms. The highest BCUT2D eigenvalue weighted by Gasteiger charge is 2.33. The third-order valence-electron chi connectivity index (χ3n) is 4.26. The minimum Gasteiger partial charge on any atom is -0.313 e. The standard InChI is InChI=1S/C17H18FN3O4S/c18-15-5-2-4-14(10-15)17-11-19-7-8-20(17)26(24,25)12-13-3-1-6-16(9-13)21(22)23/h1-6,9-10,17,19H,7-8,11-12H2. The zero-order valence-corrected chi connectivity index (χ0v) is 14.7. The lowest BCUT2D eigenvalue weighted by molar-refractivity contribution is -0.384. The van der Waals surface area contributed by atoms with Crippen molar-refractivity contribution < 1.29 is 17.7 Å². The van der Waals surface area contributed by atoms with Crippen LogP contribution in [-0.2, 0) is 15.8 Å². The normalized spacial score (nSPS) is 18.6. The number of nitro groups is 1. The van der Waals surface area contributed by atoms with Crippen LogP contribution in [0.4, 0.5) is 10.1 Å². The monoisotopic (exact) mass is 379 g/mol. The van der Waals surface area contributed by atoms with Gasteiger partial charge in [0.25, 0.3) is 5.69 Å². The smallest absolute Gasteiger partial charge is 0.269 e. The zero-order valence-electron chi connectivity index (χ0n) is 13.8. The van der Waals surface area contributed by atoms with Crippen LogP contribution in [0.3, 0.4) is 0 Å². The molecule has 9 heteroatoms. The molecule has 0 aromatic heterocycles. The summed E-state index contributed by atoms with van der Waals surface area (Å²) in [7, 11) is -3.74. The Labute approximate surface area is 150 Å². The number of hydrogen-bond donors (Lipinski definition) is 1. The van der Waals surface area contributed by atoms with Gasteiger partial charge in [0.15, 0.2) is 0 Å². The molecule has 138 valence electrons. The molecule has 7 nitrogen and oxygen atoms in total. The van der Waals surface area contributed by atoms with Crippen LogP contribution in [0.1, 0.15) is 17.2 Å². The lowest BCUT2D eigenvalue weighted by Crippen LogP contribution is -2.48. The van der Waals surface area contributed by atoms with Gasteiger partial charge in [0.2, 0.25) is 10.0 Å². The zero-order chi connectivity index (χ0) is 18.7. The van der Waals surface area contributed by atoms with Gasteiger partial charge < -0.3 is 5.32 Å². The Balaban J connectivity index is 1.88. The molecule has 1 aliphatic heterocycles. The van der Waals surface area contributed by atoms with Crippen LogP contribution in [0.15, 0.2) is 48.5 Å². The van der Waals surface area contributed by atoms with E-state index in [9.17, 15) is 22.9 Å². The quantitative estimate of drug-likeness (QED) is 0.635. The Kier molecular flexibility index (Phi) is 5.30. The Hall–Kier alpha value is -2.36. The Morgan fingerprint density at radius 3 is 2.73 bits per heavy atom. The molecule has 0 spiro atoms. The highest BCUT2D eigenvalue weighted by Crippen LogP contribution is 2.28. The average Bonchev–Trinajstić information content (AvgIpc) is 2.61. The van der Waals surface area contributed by atoms with Crippen molar-refractivity contribution in [2.24, 2.45) is 0 Å². The van der Waals surface area contributed by atoms with Crippen LogP contribution in [0.2, 0.25) is 0 Å². The van der Waals surface area contributed by atoms with Crippen molar-refractivity contribution >= 4 is 15.7 Å². The molecular formula is C17H18FN3O4S. The van der Waals surface area contributed by atoms with Gasteiger partial charge in [-0.2, -0.15) is 4.31 Å². The number of hydrogen-bond acceptors (Lipinski definition) is 5. The molecule has 1 unspecified atom stereocenters. The number of non-ortho nitro benzene ring substituents is 1. The highest BCUT2D eigenvalue weighted by molar-refractivity contribution is 7.88. The Morgan fingerprint density at radius 2 is 2.00 bits per heavy atom. The van der Waals surface area contributed by atoms with E-state index >= 15 is 0 Å². The van der Waals surface area contributed by atoms with E-state index in [-0.39, 0.29) is 18.0 Å². The summed E-state index contributed by atoms with van der Waals surface area (Å²) in [5.41, 5.74) is 0.759. The van der Waals surface area contributed by atoms with Crippen molar-refractivity contribution in [2.75, 3.05) is 19.6 Å². The van der Waals surface area contributed by atoms with E-state index in [4.69, 9.17) is 0 Å². The van der Waals surface area contributed by atoms with Crippen molar-refractivity contribution in [1.82, 2.24) is 9.62 Å². The molecule has 0 radical (unpaired) electrons. The molecule has 1 saturated heterocycles. The molecule has 3 rings (SSSR count). The van der Waals surface area contributed by atoms with Crippen LogP contribution in [0.25, 0.3) is 0 Å². The molecule has 1 atom stereocenters. The maximum Gasteiger partial charge on any atom is 0.269 e. The minimum absolute atomic E-state index is 0.153. The Morgan fingerprint density at radius 1 is 1.23 bits per heavy atom. The fourth-order valence-corrected chi connectivity index (χ4v) is 4.79. The molecule has 2 aromatic rings. The van der Waals surface area contributed by atoms with Crippen molar-refractivity contribution in [3.05, 3.63) is 75.6 Å². The predicted octanol–water partition coefficient (Wildman–Crippen LogP) is 2.21. The molecule has 0 aliphatic carbocycles. The van der Waals surface area contributed by atoms with Gasteiger partial charge in [0.05, 0.1) is 16.7 Å². The van der Waals surface area contributed by atoms with E-state index < -0.39 is 26.8 Å². The third kappa shape index (κ3) is 4.06. The van der Waals surface area contributed by atoms with E-state index in [1.807, 2.05) is 0 Å². The van der Waals surface area contributed by atoms with Crippen molar-refractivity contribution in [1.29, 1.82) is 0 Å². The number of rotatable bonds is 5. The summed E-state index contributed by atoms with van der Waals surface area (Å²) in [6, 6.07) is 10.9. The van der Waals surface area contributed by atoms with E-state index in [0.29, 0.717) is 24.2 Å². The molecule has 1 fully saturated rings. The largest absolute Gasteiger partial charge is 0.313 e. The number of nitrogens with zero attached hydrogens (tertiary/aromatic N) is 2. The average molecular weight is 379 g/mol. The summed E-state index contributed by atoms with van der Waals surface area (Å²) in [5.74, 6) is -0.773. The second-order valence-electron chi connectivity index (χ2n) is 6.07. The van der Waals surface area contributed by atoms with Crippen molar-refractivity contribution in [3.8, 4) is 0 Å². The third-order valence-corrected chi connectivity index (χ3v) is 6.11. The summed E-state index contributed by atoms with van der Waals surface area (Å²) in [6.45, 7) is 1.11. The first-order chi connectivity index (χ1) is 12.4. The second-order valence-corrected chi connectivity index (χ2v) is 7.99. The van der Waals surface area contributed by atoms with Gasteiger partial charge in [-0.25, -0.2) is 12.8 Å². The first-order valence-corrected chi connectivity index (χ1v) is 9.67. The second kappa shape index (κ2) is 7.48. The van der Waals surface area contributed by atoms with E-state index in [1.165, 1.54) is 34.6 Å². The lowest BCUT2D eigenvalue weighted by atomic mass is 10.1. The summed E-state index contributed by atoms with van der Waals surface area (Å²) < 4.78 is 40.8. The number of halogens is 1. The molecule has 0 saturated carbocycles. The number of sulfonamides is 1. The number of piperazine rings is 1. The molecule has 0 bridgehead atoms. The van der Waals surface area contributed by atoms with Gasteiger partial charge in [0, 0.05) is 31.8 Å². The molecule has 0 amide bonds.